The Balaban J connectivity index is 2.02. The van der Waals surface area contributed by atoms with Crippen LogP contribution in [0.5, 0.6) is 0 Å². The van der Waals surface area contributed by atoms with E-state index >= 15 is 0 Å². The Morgan fingerprint density at radius 2 is 2.14 bits per heavy atom. The van der Waals surface area contributed by atoms with E-state index in [1.807, 2.05) is 30.4 Å². The molecule has 0 saturated heterocycles. The summed E-state index contributed by atoms with van der Waals surface area (Å²) in [5.74, 6) is 0.922. The van der Waals surface area contributed by atoms with E-state index in [4.69, 9.17) is 0 Å². The van der Waals surface area contributed by atoms with Gasteiger partial charge in [0.2, 0.25) is 0 Å². The quantitative estimate of drug-likeness (QED) is 0.432. The maximum absolute atomic E-state index is 12.8. The Morgan fingerprint density at radius 1 is 1.29 bits per heavy atom. The molecule has 3 rings (SSSR count). The van der Waals surface area contributed by atoms with Crippen molar-refractivity contribution in [2.45, 2.75) is 25.2 Å². The van der Waals surface area contributed by atoms with Gasteiger partial charge in [0.1, 0.15) is 0 Å². The van der Waals surface area contributed by atoms with Crippen molar-refractivity contribution in [1.82, 2.24) is 0 Å². The Bertz CT molecular complexity index is 646. The minimum Gasteiger partial charge on any atom is -0.289 e. The third kappa shape index (κ3) is 2.56. The van der Waals surface area contributed by atoms with Gasteiger partial charge in [0.05, 0.1) is 0 Å². The summed E-state index contributed by atoms with van der Waals surface area (Å²) in [4.78, 5) is 12.8. The summed E-state index contributed by atoms with van der Waals surface area (Å²) >= 11 is 0. The number of hydrogen-bond donors (Lipinski definition) is 0. The molecule has 1 nitrogen and oxygen atoms in total. The highest BCUT2D eigenvalue weighted by Crippen LogP contribution is 2.44. The van der Waals surface area contributed by atoms with E-state index in [9.17, 15) is 4.79 Å². The zero-order valence-electron chi connectivity index (χ0n) is 12.2. The molecule has 21 heavy (non-hydrogen) atoms. The highest BCUT2D eigenvalue weighted by Gasteiger charge is 2.36. The van der Waals surface area contributed by atoms with Crippen molar-refractivity contribution in [3.8, 4) is 0 Å². The van der Waals surface area contributed by atoms with Crippen LogP contribution in [0.25, 0.3) is 0 Å². The second kappa shape index (κ2) is 6.09. The summed E-state index contributed by atoms with van der Waals surface area (Å²) < 4.78 is 0. The summed E-state index contributed by atoms with van der Waals surface area (Å²) in [6, 6.07) is 8.06. The minimum atomic E-state index is 0.217. The first-order valence-electron chi connectivity index (χ1n) is 7.61. The van der Waals surface area contributed by atoms with Gasteiger partial charge in [-0.3, -0.25) is 4.79 Å². The maximum atomic E-state index is 12.8. The first-order chi connectivity index (χ1) is 10.3. The third-order valence-corrected chi connectivity index (χ3v) is 4.39. The van der Waals surface area contributed by atoms with E-state index in [2.05, 4.69) is 30.9 Å². The molecule has 1 aromatic rings. The van der Waals surface area contributed by atoms with Gasteiger partial charge in [-0.1, -0.05) is 67.3 Å². The van der Waals surface area contributed by atoms with Crippen molar-refractivity contribution < 1.29 is 4.79 Å². The largest absolute Gasteiger partial charge is 0.289 e. The summed E-state index contributed by atoms with van der Waals surface area (Å²) in [5.41, 5.74) is 3.07. The molecule has 0 spiro atoms. The lowest BCUT2D eigenvalue weighted by atomic mass is 9.67. The number of benzene rings is 1. The Kier molecular flexibility index (Phi) is 4.01. The van der Waals surface area contributed by atoms with Crippen molar-refractivity contribution in [3.63, 3.8) is 0 Å². The number of carbonyl (C=O) groups excluding carboxylic acids is 1. The number of hydrogen-bond acceptors (Lipinski definition) is 1. The lowest BCUT2D eigenvalue weighted by Gasteiger charge is -2.35. The SMILES string of the molecule is C=C/C=C\C/C=C1/C(=O)c2ccccc2C2C=CCCC12. The van der Waals surface area contributed by atoms with Gasteiger partial charge in [-0.15, -0.1) is 0 Å². The Labute approximate surface area is 126 Å². The summed E-state index contributed by atoms with van der Waals surface area (Å²) in [5, 5.41) is 0. The van der Waals surface area contributed by atoms with Crippen LogP contribution < -0.4 is 0 Å². The van der Waals surface area contributed by atoms with Crippen LogP contribution in [0, 0.1) is 5.92 Å². The topological polar surface area (TPSA) is 17.1 Å². The van der Waals surface area contributed by atoms with Crippen LogP contribution in [0.2, 0.25) is 0 Å². The summed E-state index contributed by atoms with van der Waals surface area (Å²) in [7, 11) is 0. The molecule has 0 amide bonds. The number of allylic oxidation sites excluding steroid dienone is 7. The van der Waals surface area contributed by atoms with Gasteiger partial charge in [-0.05, 0) is 30.7 Å². The van der Waals surface area contributed by atoms with Gasteiger partial charge in [-0.2, -0.15) is 0 Å². The van der Waals surface area contributed by atoms with Crippen LogP contribution in [0.3, 0.4) is 0 Å². The Morgan fingerprint density at radius 3 is 3.00 bits per heavy atom. The van der Waals surface area contributed by atoms with Crippen molar-refractivity contribution >= 4 is 5.78 Å². The normalized spacial score (nSPS) is 25.9. The van der Waals surface area contributed by atoms with Crippen LogP contribution in [-0.2, 0) is 0 Å². The molecular weight excluding hydrogens is 256 g/mol. The maximum Gasteiger partial charge on any atom is 0.189 e. The molecule has 1 heteroatoms. The van der Waals surface area contributed by atoms with Crippen LogP contribution in [-0.4, -0.2) is 5.78 Å². The molecule has 0 radical (unpaired) electrons. The smallest absolute Gasteiger partial charge is 0.189 e. The van der Waals surface area contributed by atoms with Crippen molar-refractivity contribution in [3.05, 3.63) is 84.0 Å². The molecule has 0 heterocycles. The number of Topliss-reactive ketones (excluding diaryl/α,β-unsaturated/α-hetero) is 1. The summed E-state index contributed by atoms with van der Waals surface area (Å²) in [6.07, 6.45) is 15.3. The fourth-order valence-corrected chi connectivity index (χ4v) is 3.43. The molecule has 0 N–H and O–H groups in total. The standard InChI is InChI=1S/C20H20O/c1-2-3-4-5-13-18-16-11-7-6-10-15(16)17-12-8-9-14-19(17)20(18)21/h2-4,6,8-10,12-16H,1,5,7,11H2/b4-3-,18-13+. The van der Waals surface area contributed by atoms with Gasteiger partial charge >= 0.3 is 0 Å². The van der Waals surface area contributed by atoms with E-state index < -0.39 is 0 Å². The monoisotopic (exact) mass is 276 g/mol. The zero-order valence-corrected chi connectivity index (χ0v) is 12.2. The van der Waals surface area contributed by atoms with E-state index in [0.29, 0.717) is 11.8 Å². The molecule has 2 atom stereocenters. The van der Waals surface area contributed by atoms with E-state index in [1.165, 1.54) is 5.56 Å². The van der Waals surface area contributed by atoms with Crippen molar-refractivity contribution in [1.29, 1.82) is 0 Å². The number of fused-ring (bicyclic) bond motifs is 3. The second-order valence-corrected chi connectivity index (χ2v) is 5.61. The second-order valence-electron chi connectivity index (χ2n) is 5.61. The molecule has 2 unspecified atom stereocenters. The molecule has 0 aromatic heterocycles. The lowest BCUT2D eigenvalue weighted by molar-refractivity contribution is 0.100. The number of carbonyl (C=O) groups is 1. The zero-order chi connectivity index (χ0) is 14.7. The highest BCUT2D eigenvalue weighted by molar-refractivity contribution is 6.11. The molecular formula is C20H20O. The van der Waals surface area contributed by atoms with Gasteiger partial charge in [0, 0.05) is 17.1 Å². The molecule has 106 valence electrons. The molecule has 0 aliphatic heterocycles. The van der Waals surface area contributed by atoms with Crippen LogP contribution in [0.15, 0.2) is 72.9 Å². The fraction of sp³-hybridized carbons (Fsp3) is 0.250. The van der Waals surface area contributed by atoms with Crippen LogP contribution >= 0.6 is 0 Å². The summed E-state index contributed by atoms with van der Waals surface area (Å²) in [6.45, 7) is 3.67. The fourth-order valence-electron chi connectivity index (χ4n) is 3.43. The predicted molar refractivity (Wildman–Crippen MR) is 87.4 cm³/mol. The third-order valence-electron chi connectivity index (χ3n) is 4.39. The van der Waals surface area contributed by atoms with Gasteiger partial charge < -0.3 is 0 Å². The van der Waals surface area contributed by atoms with Crippen molar-refractivity contribution in [2.75, 3.05) is 0 Å². The predicted octanol–water partition coefficient (Wildman–Crippen LogP) is 4.99. The minimum absolute atomic E-state index is 0.217. The van der Waals surface area contributed by atoms with Crippen LogP contribution in [0.1, 0.15) is 41.1 Å². The highest BCUT2D eigenvalue weighted by atomic mass is 16.1. The van der Waals surface area contributed by atoms with E-state index in [0.717, 1.165) is 30.4 Å². The molecule has 1 aromatic carbocycles. The first-order valence-corrected chi connectivity index (χ1v) is 7.61. The molecule has 0 fully saturated rings. The van der Waals surface area contributed by atoms with Gasteiger partial charge in [0.15, 0.2) is 5.78 Å². The number of rotatable bonds is 3. The average Bonchev–Trinajstić information content (AvgIpc) is 2.54. The van der Waals surface area contributed by atoms with E-state index in [-0.39, 0.29) is 5.78 Å². The molecule has 0 saturated carbocycles. The Hall–Kier alpha value is -2.15. The van der Waals surface area contributed by atoms with Gasteiger partial charge in [-0.25, -0.2) is 0 Å². The van der Waals surface area contributed by atoms with E-state index in [1.54, 1.807) is 6.08 Å². The lowest BCUT2D eigenvalue weighted by Crippen LogP contribution is -2.28. The average molecular weight is 276 g/mol. The molecule has 2 aliphatic rings. The molecule has 0 bridgehead atoms. The van der Waals surface area contributed by atoms with Crippen LogP contribution in [0.4, 0.5) is 0 Å². The van der Waals surface area contributed by atoms with Gasteiger partial charge in [0.25, 0.3) is 0 Å². The molecule has 2 aliphatic carbocycles. The van der Waals surface area contributed by atoms with Crippen molar-refractivity contribution in [2.24, 2.45) is 5.92 Å². The first kappa shape index (κ1) is 13.8. The number of ketones is 1.